The van der Waals surface area contributed by atoms with Crippen molar-refractivity contribution < 1.29 is 19.1 Å². The predicted molar refractivity (Wildman–Crippen MR) is 121 cm³/mol. The number of methoxy groups -OCH3 is 1. The molecule has 0 saturated carbocycles. The number of rotatable bonds is 4. The minimum atomic E-state index is -0.421. The van der Waals surface area contributed by atoms with E-state index in [1.807, 2.05) is 41.8 Å². The van der Waals surface area contributed by atoms with Crippen LogP contribution in [0.5, 0.6) is 11.5 Å². The third-order valence-electron chi connectivity index (χ3n) is 5.51. The molecular formula is C25H19NO4S. The normalized spacial score (nSPS) is 15.3. The van der Waals surface area contributed by atoms with Gasteiger partial charge in [0.1, 0.15) is 4.88 Å². The van der Waals surface area contributed by atoms with Crippen molar-refractivity contribution in [2.24, 2.45) is 0 Å². The zero-order valence-corrected chi connectivity index (χ0v) is 17.6. The number of thiophene rings is 1. The zero-order valence-electron chi connectivity index (χ0n) is 16.8. The molecule has 0 aliphatic carbocycles. The Bertz CT molecular complexity index is 1300. The Morgan fingerprint density at radius 3 is 2.71 bits per heavy atom. The highest BCUT2D eigenvalue weighted by molar-refractivity contribution is 7.12. The molecule has 154 valence electrons. The van der Waals surface area contributed by atoms with Crippen LogP contribution in [0.4, 0.5) is 5.69 Å². The molecule has 2 heterocycles. The SMILES string of the molecule is COc1cc([C@H]2CC(=O)Nc3c2ccc2ccccc32)ccc1OC(=O)c1cccs1. The molecule has 0 bridgehead atoms. The molecule has 31 heavy (non-hydrogen) atoms. The van der Waals surface area contributed by atoms with Gasteiger partial charge in [-0.25, -0.2) is 4.79 Å². The van der Waals surface area contributed by atoms with E-state index in [2.05, 4.69) is 17.4 Å². The van der Waals surface area contributed by atoms with Gasteiger partial charge in [-0.2, -0.15) is 0 Å². The van der Waals surface area contributed by atoms with E-state index in [-0.39, 0.29) is 11.8 Å². The quantitative estimate of drug-likeness (QED) is 0.339. The fourth-order valence-corrected chi connectivity index (χ4v) is 4.63. The minimum Gasteiger partial charge on any atom is -0.493 e. The van der Waals surface area contributed by atoms with Crippen LogP contribution in [0.25, 0.3) is 10.8 Å². The number of esters is 1. The molecule has 1 N–H and O–H groups in total. The zero-order chi connectivity index (χ0) is 21.4. The summed E-state index contributed by atoms with van der Waals surface area (Å²) in [5.74, 6) is 0.236. The van der Waals surface area contributed by atoms with Gasteiger partial charge in [-0.15, -0.1) is 11.3 Å². The molecule has 4 aromatic rings. The number of carbonyl (C=O) groups is 2. The van der Waals surface area contributed by atoms with E-state index in [0.717, 1.165) is 27.6 Å². The Morgan fingerprint density at radius 1 is 1.03 bits per heavy atom. The Morgan fingerprint density at radius 2 is 1.90 bits per heavy atom. The molecule has 1 amide bonds. The summed E-state index contributed by atoms with van der Waals surface area (Å²) in [4.78, 5) is 25.4. The second kappa shape index (κ2) is 7.89. The number of benzene rings is 3. The second-order valence-electron chi connectivity index (χ2n) is 7.33. The van der Waals surface area contributed by atoms with E-state index < -0.39 is 5.97 Å². The average molecular weight is 429 g/mol. The van der Waals surface area contributed by atoms with Gasteiger partial charge in [0, 0.05) is 17.7 Å². The summed E-state index contributed by atoms with van der Waals surface area (Å²) in [6, 6.07) is 21.1. The molecule has 1 atom stereocenters. The molecule has 0 spiro atoms. The lowest BCUT2D eigenvalue weighted by atomic mass is 9.83. The molecule has 1 aromatic heterocycles. The number of anilines is 1. The summed E-state index contributed by atoms with van der Waals surface area (Å²) in [6.07, 6.45) is 0.336. The summed E-state index contributed by atoms with van der Waals surface area (Å²) in [5.41, 5.74) is 2.84. The van der Waals surface area contributed by atoms with Crippen LogP contribution in [-0.2, 0) is 4.79 Å². The number of ether oxygens (including phenoxy) is 2. The third kappa shape index (κ3) is 3.55. The maximum Gasteiger partial charge on any atom is 0.353 e. The molecule has 5 rings (SSSR count). The van der Waals surface area contributed by atoms with Gasteiger partial charge in [0.05, 0.1) is 12.8 Å². The summed E-state index contributed by atoms with van der Waals surface area (Å²) in [5, 5.41) is 6.97. The Kier molecular flexibility index (Phi) is 4.92. The lowest BCUT2D eigenvalue weighted by molar-refractivity contribution is -0.116. The lowest BCUT2D eigenvalue weighted by Crippen LogP contribution is -2.23. The standard InChI is InChI=1S/C25H19NO4S/c1-29-21-13-16(9-11-20(21)30-25(28)22-7-4-12-31-22)19-14-23(27)26-24-17-6-3-2-5-15(17)8-10-18(19)24/h2-13,19H,14H2,1H3,(H,26,27)/t19-/m1/s1. The van der Waals surface area contributed by atoms with Crippen LogP contribution < -0.4 is 14.8 Å². The number of hydrogen-bond acceptors (Lipinski definition) is 5. The largest absolute Gasteiger partial charge is 0.493 e. The van der Waals surface area contributed by atoms with Crippen LogP contribution in [0, 0.1) is 0 Å². The molecule has 6 heteroatoms. The maximum absolute atomic E-state index is 12.5. The summed E-state index contributed by atoms with van der Waals surface area (Å²) < 4.78 is 11.0. The van der Waals surface area contributed by atoms with Crippen molar-refractivity contribution in [2.75, 3.05) is 12.4 Å². The van der Waals surface area contributed by atoms with Crippen LogP contribution in [0.3, 0.4) is 0 Å². The predicted octanol–water partition coefficient (Wildman–Crippen LogP) is 5.60. The number of carbonyl (C=O) groups excluding carboxylic acids is 2. The summed E-state index contributed by atoms with van der Waals surface area (Å²) >= 11 is 1.32. The van der Waals surface area contributed by atoms with Gasteiger partial charge in [0.2, 0.25) is 5.91 Å². The maximum atomic E-state index is 12.5. The van der Waals surface area contributed by atoms with Crippen molar-refractivity contribution in [2.45, 2.75) is 12.3 Å². The van der Waals surface area contributed by atoms with Crippen LogP contribution in [0.15, 0.2) is 72.1 Å². The molecule has 1 aliphatic rings. The van der Waals surface area contributed by atoms with Crippen molar-refractivity contribution in [3.8, 4) is 11.5 Å². The van der Waals surface area contributed by atoms with Crippen LogP contribution in [0.2, 0.25) is 0 Å². The van der Waals surface area contributed by atoms with E-state index in [0.29, 0.717) is 22.8 Å². The number of fused-ring (bicyclic) bond motifs is 3. The third-order valence-corrected chi connectivity index (χ3v) is 6.36. The fourth-order valence-electron chi connectivity index (χ4n) is 4.03. The number of nitrogens with one attached hydrogen (secondary N) is 1. The van der Waals surface area contributed by atoms with Crippen molar-refractivity contribution in [1.29, 1.82) is 0 Å². The topological polar surface area (TPSA) is 64.6 Å². The van der Waals surface area contributed by atoms with Gasteiger partial charge in [-0.05, 0) is 40.1 Å². The highest BCUT2D eigenvalue weighted by Crippen LogP contribution is 2.43. The number of hydrogen-bond donors (Lipinski definition) is 1. The molecule has 0 saturated heterocycles. The molecule has 3 aromatic carbocycles. The molecule has 0 unspecified atom stereocenters. The second-order valence-corrected chi connectivity index (χ2v) is 8.28. The van der Waals surface area contributed by atoms with Crippen molar-refractivity contribution in [3.05, 3.63) is 88.1 Å². The van der Waals surface area contributed by atoms with Gasteiger partial charge in [0.25, 0.3) is 0 Å². The van der Waals surface area contributed by atoms with Crippen molar-refractivity contribution in [3.63, 3.8) is 0 Å². The summed E-state index contributed by atoms with van der Waals surface area (Å²) in [7, 11) is 1.54. The monoisotopic (exact) mass is 429 g/mol. The van der Waals surface area contributed by atoms with Crippen molar-refractivity contribution in [1.82, 2.24) is 0 Å². The van der Waals surface area contributed by atoms with Crippen molar-refractivity contribution >= 4 is 39.7 Å². The highest BCUT2D eigenvalue weighted by Gasteiger charge is 2.28. The van der Waals surface area contributed by atoms with E-state index in [4.69, 9.17) is 9.47 Å². The van der Waals surface area contributed by atoms with Gasteiger partial charge in [0.15, 0.2) is 11.5 Å². The molecule has 1 aliphatic heterocycles. The molecular weight excluding hydrogens is 410 g/mol. The lowest BCUT2D eigenvalue weighted by Gasteiger charge is -2.27. The molecule has 0 radical (unpaired) electrons. The van der Waals surface area contributed by atoms with E-state index in [1.165, 1.54) is 18.4 Å². The number of amides is 1. The van der Waals surface area contributed by atoms with Gasteiger partial charge >= 0.3 is 5.97 Å². The average Bonchev–Trinajstić information content (AvgIpc) is 3.34. The first-order valence-electron chi connectivity index (χ1n) is 9.89. The molecule has 5 nitrogen and oxygen atoms in total. The first-order chi connectivity index (χ1) is 15.1. The minimum absolute atomic E-state index is 0.0268. The van der Waals surface area contributed by atoms with Gasteiger partial charge < -0.3 is 14.8 Å². The highest BCUT2D eigenvalue weighted by atomic mass is 32.1. The van der Waals surface area contributed by atoms with Crippen LogP contribution >= 0.6 is 11.3 Å². The van der Waals surface area contributed by atoms with Gasteiger partial charge in [-0.3, -0.25) is 4.79 Å². The van der Waals surface area contributed by atoms with Crippen LogP contribution in [-0.4, -0.2) is 19.0 Å². The van der Waals surface area contributed by atoms with Crippen LogP contribution in [0.1, 0.15) is 33.1 Å². The van der Waals surface area contributed by atoms with Gasteiger partial charge in [-0.1, -0.05) is 48.5 Å². The Hall–Kier alpha value is -3.64. The Labute approximate surface area is 183 Å². The fraction of sp³-hybridized carbons (Fsp3) is 0.120. The first-order valence-corrected chi connectivity index (χ1v) is 10.8. The summed E-state index contributed by atoms with van der Waals surface area (Å²) in [6.45, 7) is 0. The first kappa shape index (κ1) is 19.3. The molecule has 0 fully saturated rings. The van der Waals surface area contributed by atoms with E-state index >= 15 is 0 Å². The Balaban J connectivity index is 1.53. The van der Waals surface area contributed by atoms with E-state index in [9.17, 15) is 9.59 Å². The van der Waals surface area contributed by atoms with E-state index in [1.54, 1.807) is 18.2 Å². The smallest absolute Gasteiger partial charge is 0.353 e.